The summed E-state index contributed by atoms with van der Waals surface area (Å²) in [4.78, 5) is 42.3. The number of amides is 1. The molecule has 0 atom stereocenters. The lowest BCUT2D eigenvalue weighted by atomic mass is 9.92. The van der Waals surface area contributed by atoms with E-state index < -0.39 is 15.9 Å². The van der Waals surface area contributed by atoms with E-state index in [0.29, 0.717) is 22.0 Å². The molecule has 3 N–H and O–H groups in total. The molecule has 0 spiro atoms. The standard InChI is InChI=1S/C24H22N4O5S/c1-14(29)16-7-8-19-18(12-16)22(17-5-3-4-6-20(17)30)23(24(31)27-34(2,32)33)28(19)13-15-9-10-26-21(25)11-15/h3-5,7-12H,6,13H2,1-2H3,(H2,25,26)(H,27,31). The Kier molecular flexibility index (Phi) is 5.92. The number of ketones is 2. The van der Waals surface area contributed by atoms with Crippen LogP contribution in [0.4, 0.5) is 5.82 Å². The van der Waals surface area contributed by atoms with E-state index in [1.807, 2.05) is 4.72 Å². The van der Waals surface area contributed by atoms with Crippen LogP contribution in [0.15, 0.2) is 54.8 Å². The summed E-state index contributed by atoms with van der Waals surface area (Å²) in [6.07, 6.45) is 7.53. The molecule has 0 saturated heterocycles. The number of Topliss-reactive ketones (excluding diaryl/α,β-unsaturated/α-hetero) is 2. The fraction of sp³-hybridized carbons (Fsp3) is 0.167. The van der Waals surface area contributed by atoms with Gasteiger partial charge in [0.2, 0.25) is 10.0 Å². The van der Waals surface area contributed by atoms with Crippen molar-refractivity contribution in [3.05, 3.63) is 77.1 Å². The van der Waals surface area contributed by atoms with Crippen molar-refractivity contribution < 1.29 is 22.8 Å². The number of carbonyl (C=O) groups excluding carboxylic acids is 3. The zero-order valence-electron chi connectivity index (χ0n) is 18.5. The minimum atomic E-state index is -3.90. The summed E-state index contributed by atoms with van der Waals surface area (Å²) >= 11 is 0. The number of rotatable bonds is 6. The molecule has 0 radical (unpaired) electrons. The van der Waals surface area contributed by atoms with Gasteiger partial charge in [-0.2, -0.15) is 0 Å². The van der Waals surface area contributed by atoms with Gasteiger partial charge in [-0.1, -0.05) is 18.2 Å². The van der Waals surface area contributed by atoms with E-state index >= 15 is 0 Å². The van der Waals surface area contributed by atoms with Crippen molar-refractivity contribution in [2.75, 3.05) is 12.0 Å². The normalized spacial score (nSPS) is 13.7. The highest BCUT2D eigenvalue weighted by atomic mass is 32.2. The first-order valence-corrected chi connectivity index (χ1v) is 12.2. The summed E-state index contributed by atoms with van der Waals surface area (Å²) < 4.78 is 27.5. The molecule has 0 fully saturated rings. The van der Waals surface area contributed by atoms with Crippen LogP contribution in [0.25, 0.3) is 16.5 Å². The fourth-order valence-electron chi connectivity index (χ4n) is 4.00. The maximum Gasteiger partial charge on any atom is 0.282 e. The number of nitrogens with two attached hydrogens (primary N) is 1. The highest BCUT2D eigenvalue weighted by Crippen LogP contribution is 2.35. The number of aromatic nitrogens is 2. The number of nitrogens with zero attached hydrogens (tertiary/aromatic N) is 2. The Morgan fingerprint density at radius 1 is 1.21 bits per heavy atom. The van der Waals surface area contributed by atoms with Gasteiger partial charge >= 0.3 is 0 Å². The van der Waals surface area contributed by atoms with E-state index in [4.69, 9.17) is 5.73 Å². The first-order chi connectivity index (χ1) is 16.0. The van der Waals surface area contributed by atoms with Crippen molar-refractivity contribution in [2.45, 2.75) is 19.9 Å². The van der Waals surface area contributed by atoms with Gasteiger partial charge in [0.25, 0.3) is 5.91 Å². The van der Waals surface area contributed by atoms with Gasteiger partial charge in [0.1, 0.15) is 11.5 Å². The summed E-state index contributed by atoms with van der Waals surface area (Å²) in [5.74, 6) is -1.02. The Hall–Kier alpha value is -4.05. The molecule has 4 rings (SSSR count). The highest BCUT2D eigenvalue weighted by Gasteiger charge is 2.29. The Bertz CT molecular complexity index is 1530. The molecule has 0 bridgehead atoms. The molecule has 1 aromatic carbocycles. The maximum atomic E-state index is 13.3. The second-order valence-electron chi connectivity index (χ2n) is 8.03. The zero-order valence-corrected chi connectivity index (χ0v) is 19.3. The Morgan fingerprint density at radius 2 is 1.97 bits per heavy atom. The zero-order chi connectivity index (χ0) is 24.6. The van der Waals surface area contributed by atoms with Gasteiger partial charge in [-0.05, 0) is 42.8 Å². The quantitative estimate of drug-likeness (QED) is 0.518. The third-order valence-corrected chi connectivity index (χ3v) is 5.98. The lowest BCUT2D eigenvalue weighted by molar-refractivity contribution is -0.113. The van der Waals surface area contributed by atoms with Crippen LogP contribution in [0.2, 0.25) is 0 Å². The summed E-state index contributed by atoms with van der Waals surface area (Å²) in [6.45, 7) is 1.56. The molecular formula is C24H22N4O5S. The number of nitrogen functional groups attached to an aromatic ring is 1. The molecule has 1 aliphatic carbocycles. The molecule has 34 heavy (non-hydrogen) atoms. The molecule has 0 unspecified atom stereocenters. The number of anilines is 1. The van der Waals surface area contributed by atoms with Gasteiger partial charge in [-0.25, -0.2) is 18.1 Å². The van der Waals surface area contributed by atoms with Crippen molar-refractivity contribution in [3.63, 3.8) is 0 Å². The molecule has 2 aromatic heterocycles. The molecule has 9 nitrogen and oxygen atoms in total. The van der Waals surface area contributed by atoms with E-state index in [1.54, 1.807) is 53.1 Å². The van der Waals surface area contributed by atoms with Crippen LogP contribution >= 0.6 is 0 Å². The van der Waals surface area contributed by atoms with Crippen molar-refractivity contribution in [3.8, 4) is 0 Å². The summed E-state index contributed by atoms with van der Waals surface area (Å²) in [5, 5.41) is 0.489. The SMILES string of the molecule is CC(=O)c1ccc2c(c1)c(C1=CC=CCC1=O)c(C(=O)NS(C)(=O)=O)n2Cc1ccnc(N)c1. The number of carbonyl (C=O) groups is 3. The molecule has 1 amide bonds. The van der Waals surface area contributed by atoms with Crippen LogP contribution in [0.3, 0.4) is 0 Å². The van der Waals surface area contributed by atoms with Crippen molar-refractivity contribution in [1.29, 1.82) is 0 Å². The van der Waals surface area contributed by atoms with Gasteiger partial charge in [0, 0.05) is 46.8 Å². The minimum Gasteiger partial charge on any atom is -0.384 e. The highest BCUT2D eigenvalue weighted by molar-refractivity contribution is 7.89. The van der Waals surface area contributed by atoms with E-state index in [-0.39, 0.29) is 47.2 Å². The average molecular weight is 479 g/mol. The Morgan fingerprint density at radius 3 is 2.62 bits per heavy atom. The molecule has 2 heterocycles. The third kappa shape index (κ3) is 4.53. The summed E-state index contributed by atoms with van der Waals surface area (Å²) in [6, 6.07) is 8.29. The second-order valence-corrected chi connectivity index (χ2v) is 9.77. The predicted octanol–water partition coefficient (Wildman–Crippen LogP) is 2.47. The summed E-state index contributed by atoms with van der Waals surface area (Å²) in [5.41, 5.74) is 8.01. The first kappa shape index (κ1) is 23.1. The Labute approximate surface area is 196 Å². The molecule has 0 saturated carbocycles. The average Bonchev–Trinajstić information content (AvgIpc) is 3.06. The number of fused-ring (bicyclic) bond motifs is 1. The van der Waals surface area contributed by atoms with Gasteiger partial charge in [-0.3, -0.25) is 14.4 Å². The maximum absolute atomic E-state index is 13.3. The van der Waals surface area contributed by atoms with Gasteiger partial charge in [0.15, 0.2) is 11.6 Å². The van der Waals surface area contributed by atoms with Crippen LogP contribution in [-0.4, -0.2) is 41.7 Å². The van der Waals surface area contributed by atoms with E-state index in [0.717, 1.165) is 6.26 Å². The largest absolute Gasteiger partial charge is 0.384 e. The molecule has 10 heteroatoms. The number of benzene rings is 1. The van der Waals surface area contributed by atoms with Gasteiger partial charge < -0.3 is 10.3 Å². The lowest BCUT2D eigenvalue weighted by Gasteiger charge is -2.14. The molecule has 3 aromatic rings. The number of hydrogen-bond donors (Lipinski definition) is 2. The molecule has 1 aliphatic rings. The topological polar surface area (TPSA) is 141 Å². The van der Waals surface area contributed by atoms with E-state index in [1.165, 1.54) is 13.1 Å². The van der Waals surface area contributed by atoms with Crippen LogP contribution in [-0.2, 0) is 21.4 Å². The van der Waals surface area contributed by atoms with Crippen LogP contribution < -0.4 is 10.5 Å². The second kappa shape index (κ2) is 8.71. The lowest BCUT2D eigenvalue weighted by Crippen LogP contribution is -2.32. The molecular weight excluding hydrogens is 456 g/mol. The van der Waals surface area contributed by atoms with Crippen molar-refractivity contribution in [2.24, 2.45) is 0 Å². The number of sulfonamides is 1. The van der Waals surface area contributed by atoms with Crippen molar-refractivity contribution in [1.82, 2.24) is 14.3 Å². The van der Waals surface area contributed by atoms with Crippen LogP contribution in [0, 0.1) is 0 Å². The monoisotopic (exact) mass is 478 g/mol. The molecule has 174 valence electrons. The fourth-order valence-corrected chi connectivity index (χ4v) is 4.44. The van der Waals surface area contributed by atoms with Crippen molar-refractivity contribution >= 4 is 49.8 Å². The smallest absolute Gasteiger partial charge is 0.282 e. The van der Waals surface area contributed by atoms with E-state index in [2.05, 4.69) is 4.98 Å². The van der Waals surface area contributed by atoms with E-state index in [9.17, 15) is 22.8 Å². The number of nitrogens with one attached hydrogen (secondary N) is 1. The number of pyridine rings is 1. The van der Waals surface area contributed by atoms with Gasteiger partial charge in [-0.15, -0.1) is 0 Å². The molecule has 0 aliphatic heterocycles. The van der Waals surface area contributed by atoms with Crippen LogP contribution in [0.5, 0.6) is 0 Å². The van der Waals surface area contributed by atoms with Gasteiger partial charge in [0.05, 0.1) is 6.26 Å². The summed E-state index contributed by atoms with van der Waals surface area (Å²) in [7, 11) is -3.90. The number of allylic oxidation sites excluding steroid dienone is 4. The Balaban J connectivity index is 2.08. The predicted molar refractivity (Wildman–Crippen MR) is 129 cm³/mol. The number of hydrogen-bond acceptors (Lipinski definition) is 7. The first-order valence-electron chi connectivity index (χ1n) is 10.4. The van der Waals surface area contributed by atoms with Crippen LogP contribution in [0.1, 0.15) is 45.3 Å². The third-order valence-electron chi connectivity index (χ3n) is 5.42. The minimum absolute atomic E-state index is 0.00795.